The minimum atomic E-state index is -1.86. The van der Waals surface area contributed by atoms with Crippen LogP contribution in [0.5, 0.6) is 34.5 Å². The summed E-state index contributed by atoms with van der Waals surface area (Å²) < 4.78 is 28.9. The van der Waals surface area contributed by atoms with Crippen molar-refractivity contribution in [3.05, 3.63) is 130 Å². The minimum Gasteiger partial charge on any atom is -0.593 e. The molecule has 0 radical (unpaired) electrons. The van der Waals surface area contributed by atoms with Crippen molar-refractivity contribution in [3.63, 3.8) is 0 Å². The summed E-state index contributed by atoms with van der Waals surface area (Å²) in [5.41, 5.74) is 0.167. The fourth-order valence-electron chi connectivity index (χ4n) is 5.26. The van der Waals surface area contributed by atoms with Crippen LogP contribution in [0.3, 0.4) is 0 Å². The largest absolute Gasteiger partial charge is 0.593 e. The molecular formula is C39H31O14+. The Labute approximate surface area is 299 Å². The van der Waals surface area contributed by atoms with Gasteiger partial charge >= 0.3 is 11.9 Å². The van der Waals surface area contributed by atoms with Crippen molar-refractivity contribution in [1.82, 2.24) is 0 Å². The third-order valence-electron chi connectivity index (χ3n) is 7.84. The second-order valence-corrected chi connectivity index (χ2v) is 11.6. The van der Waals surface area contributed by atoms with Crippen molar-refractivity contribution >= 4 is 35.1 Å². The lowest BCUT2D eigenvalue weighted by Gasteiger charge is -2.34. The van der Waals surface area contributed by atoms with E-state index < -0.39 is 64.6 Å². The average molecular weight is 724 g/mol. The Morgan fingerprint density at radius 3 is 1.96 bits per heavy atom. The van der Waals surface area contributed by atoms with Gasteiger partial charge in [-0.2, -0.15) is 0 Å². The number of aromatic hydroxyl groups is 4. The second kappa shape index (κ2) is 15.0. The van der Waals surface area contributed by atoms with Gasteiger partial charge in [0.1, 0.15) is 40.1 Å². The number of phenols is 4. The second-order valence-electron chi connectivity index (χ2n) is 11.6. The quantitative estimate of drug-likeness (QED) is 0.0721. The minimum absolute atomic E-state index is 0.00605. The third-order valence-corrected chi connectivity index (χ3v) is 7.84. The first-order valence-electron chi connectivity index (χ1n) is 15.8. The Morgan fingerprint density at radius 1 is 0.774 bits per heavy atom. The molecule has 53 heavy (non-hydrogen) atoms. The first-order valence-corrected chi connectivity index (χ1v) is 15.8. The monoisotopic (exact) mass is 723 g/mol. The lowest BCUT2D eigenvalue weighted by Crippen LogP contribution is -2.47. The number of hydrogen-bond donors (Lipinski definition) is 5. The van der Waals surface area contributed by atoms with Crippen LogP contribution in [0.15, 0.2) is 118 Å². The summed E-state index contributed by atoms with van der Waals surface area (Å²) in [4.78, 5) is 39.9. The topological polar surface area (TPSA) is 225 Å². The van der Waals surface area contributed by atoms with E-state index in [0.717, 1.165) is 24.3 Å². The van der Waals surface area contributed by atoms with E-state index >= 15 is 0 Å². The average Bonchev–Trinajstić information content (AvgIpc) is 3.12. The molecule has 0 aliphatic carbocycles. The Morgan fingerprint density at radius 2 is 1.36 bits per heavy atom. The maximum atomic E-state index is 14.0. The molecule has 0 bridgehead atoms. The van der Waals surface area contributed by atoms with Gasteiger partial charge in [0.05, 0.1) is 0 Å². The van der Waals surface area contributed by atoms with Crippen LogP contribution in [-0.4, -0.2) is 61.1 Å². The van der Waals surface area contributed by atoms with Crippen LogP contribution in [0, 0.1) is 0 Å². The zero-order chi connectivity index (χ0) is 37.8. The van der Waals surface area contributed by atoms with Crippen molar-refractivity contribution in [1.29, 1.82) is 0 Å². The van der Waals surface area contributed by atoms with Gasteiger partial charge in [-0.05, 0) is 66.6 Å². The first kappa shape index (κ1) is 35.6. The van der Waals surface area contributed by atoms with Crippen LogP contribution in [0.4, 0.5) is 0 Å². The molecule has 270 valence electrons. The van der Waals surface area contributed by atoms with Gasteiger partial charge in [0.15, 0.2) is 17.3 Å². The number of phenolic OH excluding ortho intramolecular Hbond substituents is 4. The van der Waals surface area contributed by atoms with Crippen molar-refractivity contribution in [3.8, 4) is 45.8 Å². The molecule has 14 heteroatoms. The van der Waals surface area contributed by atoms with E-state index in [1.54, 1.807) is 12.1 Å². The van der Waals surface area contributed by atoms with Crippen LogP contribution in [-0.2, 0) is 23.8 Å². The summed E-state index contributed by atoms with van der Waals surface area (Å²) in [6, 6.07) is 19.6. The molecule has 0 saturated carbocycles. The molecule has 1 aliphatic rings. The molecule has 0 spiro atoms. The molecule has 7 N–H and O–H groups in total. The smallest absolute Gasteiger partial charge is 0.336 e. The zero-order valence-electron chi connectivity index (χ0n) is 27.6. The highest BCUT2D eigenvalue weighted by molar-refractivity contribution is 5.89. The molecule has 14 nitrogen and oxygen atoms in total. The van der Waals surface area contributed by atoms with Gasteiger partial charge in [0, 0.05) is 42.0 Å². The highest BCUT2D eigenvalue weighted by atomic mass is 16.7. The fourth-order valence-corrected chi connectivity index (χ4v) is 5.26. The number of carbonyl (C=O) groups excluding carboxylic acids is 2. The number of ether oxygens (including phenoxy) is 4. The third kappa shape index (κ3) is 8.08. The molecule has 0 fully saturated rings. The lowest BCUT2D eigenvalue weighted by atomic mass is 10.1. The maximum Gasteiger partial charge on any atom is 0.336 e. The highest BCUT2D eigenvalue weighted by Gasteiger charge is 2.43. The Balaban J connectivity index is 1.39. The van der Waals surface area contributed by atoms with Crippen LogP contribution in [0.1, 0.15) is 18.1 Å². The van der Waals surface area contributed by atoms with E-state index in [-0.39, 0.29) is 39.5 Å². The highest BCUT2D eigenvalue weighted by Crippen LogP contribution is 2.38. The first-order chi connectivity index (χ1) is 25.4. The summed E-state index contributed by atoms with van der Waals surface area (Å²) in [5, 5.41) is 58.7. The van der Waals surface area contributed by atoms with E-state index in [9.17, 15) is 39.9 Å². The number of fused-ring (bicyclic) bond motifs is 1. The molecular weight excluding hydrogens is 692 g/mol. The Hall–Kier alpha value is -7.19. The summed E-state index contributed by atoms with van der Waals surface area (Å²) in [5.74, 6) is -4.83. The Bertz CT molecular complexity index is 2320. The normalized spacial score (nSPS) is 17.3. The van der Waals surface area contributed by atoms with Gasteiger partial charge in [0.25, 0.3) is 5.75 Å². The molecule has 3 atom stereocenters. The number of esters is 2. The predicted molar refractivity (Wildman–Crippen MR) is 189 cm³/mol. The van der Waals surface area contributed by atoms with Crippen LogP contribution >= 0.6 is 0 Å². The molecule has 0 amide bonds. The molecule has 1 aromatic heterocycles. The molecule has 6 rings (SSSR count). The van der Waals surface area contributed by atoms with Gasteiger partial charge in [-0.25, -0.2) is 9.59 Å². The number of carbonyl (C=O) groups is 2. The van der Waals surface area contributed by atoms with E-state index in [1.165, 1.54) is 79.7 Å². The van der Waals surface area contributed by atoms with Crippen LogP contribution in [0.25, 0.3) is 34.4 Å². The van der Waals surface area contributed by atoms with Crippen molar-refractivity contribution < 1.29 is 63.6 Å². The molecule has 2 unspecified atom stereocenters. The van der Waals surface area contributed by atoms with Gasteiger partial charge in [-0.3, -0.25) is 4.79 Å². The summed E-state index contributed by atoms with van der Waals surface area (Å²) in [6.45, 7) is 1.40. The zero-order valence-corrected chi connectivity index (χ0v) is 27.6. The maximum absolute atomic E-state index is 14.0. The molecule has 4 aromatic carbocycles. The van der Waals surface area contributed by atoms with Crippen molar-refractivity contribution in [2.45, 2.75) is 25.4 Å². The molecule has 2 heterocycles. The summed E-state index contributed by atoms with van der Waals surface area (Å²) in [6.07, 6.45) is -0.0549. The van der Waals surface area contributed by atoms with E-state index in [2.05, 4.69) is 0 Å². The molecule has 0 saturated heterocycles. The predicted octanol–water partition coefficient (Wildman–Crippen LogP) is 5.50. The van der Waals surface area contributed by atoms with Crippen LogP contribution in [0.2, 0.25) is 0 Å². The van der Waals surface area contributed by atoms with Gasteiger partial charge < -0.3 is 54.0 Å². The van der Waals surface area contributed by atoms with E-state index in [1.807, 2.05) is 0 Å². The molecule has 1 aliphatic heterocycles. The van der Waals surface area contributed by atoms with E-state index in [4.69, 9.17) is 28.5 Å². The number of rotatable bonds is 9. The van der Waals surface area contributed by atoms with Gasteiger partial charge in [-0.15, -0.1) is 0 Å². The van der Waals surface area contributed by atoms with Gasteiger partial charge in [0.2, 0.25) is 23.6 Å². The fraction of sp³-hybridized carbons (Fsp3) is 0.103. The number of benzene rings is 4. The lowest BCUT2D eigenvalue weighted by molar-refractivity contribution is -0.200. The number of hydrogen-bond acceptors (Lipinski definition) is 13. The SMILES string of the molecule is CC1O[C@@H](Oc2c(-c3ccc([OH2+])cc3)oc3cc(O)cc(O)c3c2=O)C(OC(=O)/C=C/c2ccc(O)cc2)C(O)=C1OC(=O)/C=C/c1ccc(O)cc1. The van der Waals surface area contributed by atoms with Crippen molar-refractivity contribution in [2.75, 3.05) is 0 Å². The van der Waals surface area contributed by atoms with Gasteiger partial charge in [-0.1, -0.05) is 24.3 Å². The summed E-state index contributed by atoms with van der Waals surface area (Å²) >= 11 is 0. The standard InChI is InChI=1S/C39H30O14/c1-20-35(51-30(45)16-6-21-2-10-24(40)11-3-21)34(48)38(52-31(46)17-7-22-4-12-25(41)13-5-22)39(49-20)53-37-33(47)32-28(44)18-27(43)19-29(32)50-36(37)23-8-14-26(42)15-9-23/h2-20,38-44,48H,1H3/p+1/b16-6+,17-7+/t20?,38?,39-/m0/s1. The van der Waals surface area contributed by atoms with Crippen molar-refractivity contribution in [2.24, 2.45) is 0 Å². The Kier molecular flexibility index (Phi) is 10.1. The molecule has 5 aromatic rings. The number of aliphatic hydroxyl groups is 1. The number of aliphatic hydroxyl groups excluding tert-OH is 1. The summed E-state index contributed by atoms with van der Waals surface area (Å²) in [7, 11) is 0. The van der Waals surface area contributed by atoms with Crippen LogP contribution < -0.4 is 10.2 Å². The van der Waals surface area contributed by atoms with E-state index in [0.29, 0.717) is 11.1 Å².